The number of rotatable bonds is 6. The van der Waals surface area contributed by atoms with Gasteiger partial charge >= 0.3 is 0 Å². The zero-order valence-corrected chi connectivity index (χ0v) is 15.0. The first kappa shape index (κ1) is 18.3. The zero-order chi connectivity index (χ0) is 17.5. The summed E-state index contributed by atoms with van der Waals surface area (Å²) in [7, 11) is 1.59. The second-order valence-electron chi connectivity index (χ2n) is 6.24. The highest BCUT2D eigenvalue weighted by molar-refractivity contribution is 5.93. The number of para-hydroxylation sites is 2. The van der Waals surface area contributed by atoms with Crippen LogP contribution in [0.4, 0.5) is 5.69 Å². The van der Waals surface area contributed by atoms with Crippen LogP contribution < -0.4 is 9.64 Å². The van der Waals surface area contributed by atoms with Gasteiger partial charge in [-0.2, -0.15) is 0 Å². The molecule has 1 aliphatic rings. The van der Waals surface area contributed by atoms with Crippen LogP contribution >= 0.6 is 0 Å². The molecule has 1 saturated heterocycles. The van der Waals surface area contributed by atoms with Crippen LogP contribution in [-0.4, -0.2) is 43.0 Å². The number of carbonyl (C=O) groups is 2. The Bertz CT molecular complexity index is 573. The first-order valence-electron chi connectivity index (χ1n) is 8.79. The molecule has 5 nitrogen and oxygen atoms in total. The van der Waals surface area contributed by atoms with Crippen molar-refractivity contribution in [1.82, 2.24) is 4.90 Å². The minimum Gasteiger partial charge on any atom is -0.495 e. The van der Waals surface area contributed by atoms with E-state index in [1.807, 2.05) is 29.2 Å². The lowest BCUT2D eigenvalue weighted by atomic mass is 9.99. The van der Waals surface area contributed by atoms with Crippen molar-refractivity contribution in [3.8, 4) is 5.75 Å². The highest BCUT2D eigenvalue weighted by atomic mass is 16.5. The van der Waals surface area contributed by atoms with Crippen molar-refractivity contribution in [2.75, 3.05) is 25.1 Å². The maximum atomic E-state index is 12.6. The summed E-state index contributed by atoms with van der Waals surface area (Å²) < 4.78 is 5.34. The predicted molar refractivity (Wildman–Crippen MR) is 95.3 cm³/mol. The van der Waals surface area contributed by atoms with Crippen LogP contribution in [0.15, 0.2) is 24.3 Å². The van der Waals surface area contributed by atoms with Crippen LogP contribution in [0, 0.1) is 0 Å². The summed E-state index contributed by atoms with van der Waals surface area (Å²) >= 11 is 0. The van der Waals surface area contributed by atoms with Crippen molar-refractivity contribution >= 4 is 17.5 Å². The van der Waals surface area contributed by atoms with Crippen molar-refractivity contribution in [1.29, 1.82) is 0 Å². The minimum absolute atomic E-state index is 0.0852. The van der Waals surface area contributed by atoms with Gasteiger partial charge in [0, 0.05) is 32.5 Å². The summed E-state index contributed by atoms with van der Waals surface area (Å²) in [6.45, 7) is 4.87. The second kappa shape index (κ2) is 8.71. The number of amides is 2. The van der Waals surface area contributed by atoms with Crippen molar-refractivity contribution < 1.29 is 14.3 Å². The van der Waals surface area contributed by atoms with Crippen LogP contribution in [0.1, 0.15) is 46.0 Å². The van der Waals surface area contributed by atoms with Gasteiger partial charge in [-0.1, -0.05) is 19.1 Å². The predicted octanol–water partition coefficient (Wildman–Crippen LogP) is 3.23. The van der Waals surface area contributed by atoms with Gasteiger partial charge in [0.25, 0.3) is 0 Å². The molecule has 1 aromatic rings. The molecule has 1 fully saturated rings. The number of hydrogen-bond donors (Lipinski definition) is 0. The van der Waals surface area contributed by atoms with E-state index in [-0.39, 0.29) is 11.8 Å². The minimum atomic E-state index is -0.0852. The molecular weight excluding hydrogens is 304 g/mol. The molecule has 2 amide bonds. The van der Waals surface area contributed by atoms with E-state index >= 15 is 0 Å². The molecular formula is C19H28N2O3. The van der Waals surface area contributed by atoms with Gasteiger partial charge in [0.2, 0.25) is 11.8 Å². The van der Waals surface area contributed by atoms with Crippen molar-refractivity contribution in [2.24, 2.45) is 0 Å². The number of benzene rings is 1. The molecule has 0 aliphatic carbocycles. The Morgan fingerprint density at radius 3 is 2.71 bits per heavy atom. The number of ether oxygens (including phenoxy) is 1. The summed E-state index contributed by atoms with van der Waals surface area (Å²) in [5, 5.41) is 0. The quantitative estimate of drug-likeness (QED) is 0.803. The van der Waals surface area contributed by atoms with E-state index < -0.39 is 0 Å². The lowest BCUT2D eigenvalue weighted by Gasteiger charge is -2.36. The fourth-order valence-corrected chi connectivity index (χ4v) is 3.40. The lowest BCUT2D eigenvalue weighted by molar-refractivity contribution is -0.134. The Labute approximate surface area is 144 Å². The van der Waals surface area contributed by atoms with Crippen LogP contribution in [0.3, 0.4) is 0 Å². The van der Waals surface area contributed by atoms with Crippen molar-refractivity contribution in [2.45, 2.75) is 52.0 Å². The van der Waals surface area contributed by atoms with E-state index in [0.29, 0.717) is 30.4 Å². The number of hydrogen-bond acceptors (Lipinski definition) is 3. The fourth-order valence-electron chi connectivity index (χ4n) is 3.40. The number of piperidine rings is 1. The van der Waals surface area contributed by atoms with Crippen LogP contribution in [0.5, 0.6) is 5.75 Å². The molecule has 0 saturated carbocycles. The summed E-state index contributed by atoms with van der Waals surface area (Å²) in [6.07, 6.45) is 4.70. The summed E-state index contributed by atoms with van der Waals surface area (Å²) in [6, 6.07) is 7.76. The van der Waals surface area contributed by atoms with E-state index in [4.69, 9.17) is 4.74 Å². The maximum Gasteiger partial charge on any atom is 0.224 e. The average molecular weight is 332 g/mol. The van der Waals surface area contributed by atoms with Crippen LogP contribution in [0.2, 0.25) is 0 Å². The van der Waals surface area contributed by atoms with E-state index in [1.54, 1.807) is 12.0 Å². The Hall–Kier alpha value is -2.04. The van der Waals surface area contributed by atoms with Gasteiger partial charge < -0.3 is 14.5 Å². The summed E-state index contributed by atoms with van der Waals surface area (Å²) in [5.41, 5.74) is 0.714. The Morgan fingerprint density at radius 2 is 2.04 bits per heavy atom. The summed E-state index contributed by atoms with van der Waals surface area (Å²) in [4.78, 5) is 28.3. The van der Waals surface area contributed by atoms with Crippen LogP contribution in [-0.2, 0) is 9.59 Å². The molecule has 1 aliphatic heterocycles. The molecule has 1 aromatic carbocycles. The third-order valence-electron chi connectivity index (χ3n) is 4.72. The second-order valence-corrected chi connectivity index (χ2v) is 6.24. The Balaban J connectivity index is 2.06. The maximum absolute atomic E-state index is 12.6. The largest absolute Gasteiger partial charge is 0.495 e. The first-order valence-corrected chi connectivity index (χ1v) is 8.79. The Kier molecular flexibility index (Phi) is 6.64. The van der Waals surface area contributed by atoms with Gasteiger partial charge in [-0.25, -0.2) is 0 Å². The SMILES string of the molecule is CCC1CCCCN1C(=O)CCN(C(C)=O)c1ccccc1OC. The Morgan fingerprint density at radius 1 is 1.29 bits per heavy atom. The first-order chi connectivity index (χ1) is 11.6. The molecule has 1 atom stereocenters. The van der Waals surface area contributed by atoms with Gasteiger partial charge in [-0.15, -0.1) is 0 Å². The number of carbonyl (C=O) groups excluding carboxylic acids is 2. The molecule has 132 valence electrons. The van der Waals surface area contributed by atoms with Gasteiger partial charge in [0.15, 0.2) is 0 Å². The highest BCUT2D eigenvalue weighted by Crippen LogP contribution is 2.28. The topological polar surface area (TPSA) is 49.9 Å². The number of anilines is 1. The standard InChI is InChI=1S/C19H28N2O3/c1-4-16-9-7-8-13-21(16)19(23)12-14-20(15(2)22)17-10-5-6-11-18(17)24-3/h5-6,10-11,16H,4,7-9,12-14H2,1-3H3. The van der Waals surface area contributed by atoms with Gasteiger partial charge in [-0.05, 0) is 37.8 Å². The molecule has 5 heteroatoms. The molecule has 2 rings (SSSR count). The molecule has 1 heterocycles. The molecule has 0 spiro atoms. The fraction of sp³-hybridized carbons (Fsp3) is 0.579. The van der Waals surface area contributed by atoms with E-state index in [1.165, 1.54) is 13.3 Å². The smallest absolute Gasteiger partial charge is 0.224 e. The molecule has 0 aromatic heterocycles. The van der Waals surface area contributed by atoms with Gasteiger partial charge in [0.05, 0.1) is 12.8 Å². The average Bonchev–Trinajstić information content (AvgIpc) is 2.61. The normalized spacial score (nSPS) is 17.5. The van der Waals surface area contributed by atoms with Crippen molar-refractivity contribution in [3.05, 3.63) is 24.3 Å². The summed E-state index contributed by atoms with van der Waals surface area (Å²) in [5.74, 6) is 0.699. The van der Waals surface area contributed by atoms with Gasteiger partial charge in [0.1, 0.15) is 5.75 Å². The molecule has 24 heavy (non-hydrogen) atoms. The molecule has 1 unspecified atom stereocenters. The van der Waals surface area contributed by atoms with E-state index in [9.17, 15) is 9.59 Å². The van der Waals surface area contributed by atoms with Gasteiger partial charge in [-0.3, -0.25) is 9.59 Å². The number of nitrogens with zero attached hydrogens (tertiary/aromatic N) is 2. The molecule has 0 radical (unpaired) electrons. The monoisotopic (exact) mass is 332 g/mol. The third-order valence-corrected chi connectivity index (χ3v) is 4.72. The molecule has 0 bridgehead atoms. The van der Waals surface area contributed by atoms with Crippen molar-refractivity contribution in [3.63, 3.8) is 0 Å². The highest BCUT2D eigenvalue weighted by Gasteiger charge is 2.26. The molecule has 0 N–H and O–H groups in total. The third kappa shape index (κ3) is 4.28. The zero-order valence-electron chi connectivity index (χ0n) is 15.0. The number of likely N-dealkylation sites (tertiary alicyclic amines) is 1. The number of methoxy groups -OCH3 is 1. The lowest BCUT2D eigenvalue weighted by Crippen LogP contribution is -2.44. The van der Waals surface area contributed by atoms with E-state index in [0.717, 1.165) is 25.8 Å². The van der Waals surface area contributed by atoms with Crippen LogP contribution in [0.25, 0.3) is 0 Å². The van der Waals surface area contributed by atoms with E-state index in [2.05, 4.69) is 6.92 Å².